The maximum Gasteiger partial charge on any atom is 3.00 e. The minimum absolute atomic E-state index is 0. The Labute approximate surface area is 105 Å². The molecule has 0 aliphatic rings. The van der Waals surface area contributed by atoms with Crippen molar-refractivity contribution in [1.82, 2.24) is 0 Å². The molecule has 0 saturated carbocycles. The van der Waals surface area contributed by atoms with Crippen LogP contribution in [0.1, 0.15) is 0 Å². The smallest absolute Gasteiger partial charge is 1.00 e. The van der Waals surface area contributed by atoms with Gasteiger partial charge in [-0.3, -0.25) is 0 Å². The zero-order valence-corrected chi connectivity index (χ0v) is 13.9. The van der Waals surface area contributed by atoms with Gasteiger partial charge < -0.3 is 37.2 Å². The van der Waals surface area contributed by atoms with E-state index in [2.05, 4.69) is 0 Å². The Bertz CT molecular complexity index is 10.8. The Balaban J connectivity index is 0. The zero-order chi connectivity index (χ0) is 0. The fourth-order valence-electron chi connectivity index (χ4n) is 0. The van der Waals surface area contributed by atoms with Crippen LogP contribution in [0, 0.1) is 0 Å². The minimum atomic E-state index is 0. The maximum absolute atomic E-state index is 0. The molecule has 0 unspecified atom stereocenters. The van der Waals surface area contributed by atoms with Crippen molar-refractivity contribution in [2.75, 3.05) is 0 Å². The number of halogens is 3. The minimum Gasteiger partial charge on any atom is -1.00 e. The van der Waals surface area contributed by atoms with Crippen LogP contribution in [-0.2, 0) is 19.5 Å². The van der Waals surface area contributed by atoms with Crippen molar-refractivity contribution in [3.63, 3.8) is 0 Å². The quantitative estimate of drug-likeness (QED) is 0.350. The molecule has 0 aromatic heterocycles. The van der Waals surface area contributed by atoms with Gasteiger partial charge in [0.25, 0.3) is 0 Å². The molecule has 31 valence electrons. The first-order valence-electron chi connectivity index (χ1n) is 0. The van der Waals surface area contributed by atoms with E-state index in [-0.39, 0.29) is 107 Å². The summed E-state index contributed by atoms with van der Waals surface area (Å²) in [6, 6.07) is 0. The predicted octanol–water partition coefficient (Wildman–Crippen LogP) is -9.75. The van der Waals surface area contributed by atoms with Crippen molar-refractivity contribution >= 4 is 50.3 Å². The second kappa shape index (κ2) is 41.7. The van der Waals surface area contributed by atoms with Gasteiger partial charge in [-0.2, -0.15) is 0 Å². The van der Waals surface area contributed by atoms with Crippen LogP contribution in [0.4, 0.5) is 0 Å². The van der Waals surface area contributed by atoms with Gasteiger partial charge >= 0.3 is 24.4 Å². The largest absolute Gasteiger partial charge is 3.00 e. The second-order valence-electron chi connectivity index (χ2n) is 0. The van der Waals surface area contributed by atoms with Crippen molar-refractivity contribution in [3.05, 3.63) is 0 Å². The van der Waals surface area contributed by atoms with Crippen LogP contribution < -0.4 is 37.2 Å². The zero-order valence-electron chi connectivity index (χ0n) is 2.87. The molecular weight excluding hydrogens is 408 g/mol. The molecule has 0 heterocycles. The molecule has 0 aliphatic heterocycles. The number of hydrogen-bond donors (Lipinski definition) is 0. The van der Waals surface area contributed by atoms with Crippen molar-refractivity contribution in [2.24, 2.45) is 0 Å². The maximum atomic E-state index is 0. The van der Waals surface area contributed by atoms with Gasteiger partial charge in [0.1, 0.15) is 0 Å². The van der Waals surface area contributed by atoms with Gasteiger partial charge in [-0.1, -0.05) is 0 Å². The summed E-state index contributed by atoms with van der Waals surface area (Å²) in [5.74, 6) is 0. The molecule has 0 bridgehead atoms. The third-order valence-electron chi connectivity index (χ3n) is 0. The van der Waals surface area contributed by atoms with Crippen molar-refractivity contribution in [1.29, 1.82) is 0 Å². The summed E-state index contributed by atoms with van der Waals surface area (Å²) >= 11 is 0. The first-order valence-corrected chi connectivity index (χ1v) is 0. The van der Waals surface area contributed by atoms with Crippen molar-refractivity contribution in [2.45, 2.75) is 0 Å². The molecule has 6 heteroatoms. The second-order valence-corrected chi connectivity index (χ2v) is 0. The van der Waals surface area contributed by atoms with E-state index in [4.69, 9.17) is 0 Å². The summed E-state index contributed by atoms with van der Waals surface area (Å²) in [6.45, 7) is 0. The van der Waals surface area contributed by atoms with Gasteiger partial charge in [-0.25, -0.2) is 0 Å². The van der Waals surface area contributed by atoms with Gasteiger partial charge in [0, 0.05) is 45.3 Å². The molecule has 0 N–H and O–H groups in total. The molecule has 0 rings (SSSR count). The van der Waals surface area contributed by atoms with Crippen molar-refractivity contribution < 1.29 is 56.7 Å². The van der Waals surface area contributed by atoms with E-state index in [1.54, 1.807) is 0 Å². The van der Waals surface area contributed by atoms with Crippen LogP contribution in [0.2, 0.25) is 0 Å². The molecule has 0 atom stereocenters. The monoisotopic (exact) mass is 405 g/mol. The average molecular weight is 408 g/mol. The molecule has 0 aromatic carbocycles. The van der Waals surface area contributed by atoms with Crippen LogP contribution in [0.5, 0.6) is 0 Å². The third-order valence-corrected chi connectivity index (χ3v) is 0. The summed E-state index contributed by atoms with van der Waals surface area (Å²) in [7, 11) is 0. The molecule has 0 nitrogen and oxygen atoms in total. The SMILES string of the molecule is [Cl-].[Cl-].[Cl-].[In].[Sb+3].[Zn]. The van der Waals surface area contributed by atoms with E-state index in [0.717, 1.165) is 0 Å². The van der Waals surface area contributed by atoms with E-state index in [1.807, 2.05) is 0 Å². The van der Waals surface area contributed by atoms with E-state index in [1.165, 1.54) is 0 Å². The van der Waals surface area contributed by atoms with E-state index in [9.17, 15) is 0 Å². The van der Waals surface area contributed by atoms with Crippen LogP contribution >= 0.6 is 0 Å². The van der Waals surface area contributed by atoms with Crippen LogP contribution in [0.25, 0.3) is 0 Å². The summed E-state index contributed by atoms with van der Waals surface area (Å²) in [5.41, 5.74) is 0. The van der Waals surface area contributed by atoms with Gasteiger partial charge in [-0.05, 0) is 0 Å². The fourth-order valence-corrected chi connectivity index (χ4v) is 0. The Hall–Kier alpha value is 3.18. The molecule has 0 spiro atoms. The molecular formula is Cl3InSbZn. The molecule has 0 amide bonds. The van der Waals surface area contributed by atoms with Gasteiger partial charge in [0.15, 0.2) is 0 Å². The van der Waals surface area contributed by atoms with Gasteiger partial charge in [0.05, 0.1) is 0 Å². The Kier molecular flexibility index (Phi) is 422. The summed E-state index contributed by atoms with van der Waals surface area (Å²) in [6.07, 6.45) is 0. The first kappa shape index (κ1) is 60.7. The summed E-state index contributed by atoms with van der Waals surface area (Å²) < 4.78 is 0. The summed E-state index contributed by atoms with van der Waals surface area (Å²) in [5, 5.41) is 0. The molecule has 6 heavy (non-hydrogen) atoms. The number of hydrogen-bond acceptors (Lipinski definition) is 0. The van der Waals surface area contributed by atoms with Gasteiger partial charge in [0.2, 0.25) is 0 Å². The molecule has 5 radical (unpaired) electrons. The normalized spacial score (nSPS) is 0. The standard InChI is InChI=1S/3ClH.In.Sb.Zn/h3*1H;;;/q;;;;+3;/p-3. The Morgan fingerprint density at radius 2 is 0.667 bits per heavy atom. The topological polar surface area (TPSA) is 0 Å². The molecule has 0 saturated heterocycles. The Morgan fingerprint density at radius 3 is 0.667 bits per heavy atom. The van der Waals surface area contributed by atoms with E-state index >= 15 is 0 Å². The van der Waals surface area contributed by atoms with E-state index < -0.39 is 0 Å². The number of rotatable bonds is 0. The summed E-state index contributed by atoms with van der Waals surface area (Å²) in [4.78, 5) is 0. The van der Waals surface area contributed by atoms with E-state index in [0.29, 0.717) is 0 Å². The average Bonchev–Trinajstić information content (AvgIpc) is 0. The molecule has 0 aromatic rings. The van der Waals surface area contributed by atoms with Crippen molar-refractivity contribution in [3.8, 4) is 0 Å². The fraction of sp³-hybridized carbons (Fsp3) is 0. The van der Waals surface area contributed by atoms with Crippen LogP contribution in [0.3, 0.4) is 0 Å². The van der Waals surface area contributed by atoms with Crippen LogP contribution in [0.15, 0.2) is 0 Å². The first-order chi connectivity index (χ1) is 0. The predicted molar refractivity (Wildman–Crippen MR) is 11.5 cm³/mol. The molecule has 0 fully saturated rings. The Morgan fingerprint density at radius 1 is 0.667 bits per heavy atom. The van der Waals surface area contributed by atoms with Gasteiger partial charge in [-0.15, -0.1) is 0 Å². The van der Waals surface area contributed by atoms with Crippen LogP contribution in [-0.4, -0.2) is 50.3 Å². The molecule has 0 aliphatic carbocycles. The third kappa shape index (κ3) is 27.1.